The SMILES string of the molecule is CNC(C1=NN(c2ccc(Cl)cc2)C(c2ccccc2)C1)N(C)S(=O)(=O)N1CCCCC1. The first-order valence-electron chi connectivity index (χ1n) is 11.0. The molecule has 0 aliphatic carbocycles. The van der Waals surface area contributed by atoms with E-state index in [-0.39, 0.29) is 6.04 Å². The van der Waals surface area contributed by atoms with Gasteiger partial charge in [0.2, 0.25) is 0 Å². The zero-order valence-corrected chi connectivity index (χ0v) is 20.1. The van der Waals surface area contributed by atoms with Crippen molar-refractivity contribution < 1.29 is 8.42 Å². The quantitative estimate of drug-likeness (QED) is 0.617. The summed E-state index contributed by atoms with van der Waals surface area (Å²) in [4.78, 5) is 0. The molecule has 9 heteroatoms. The Labute approximate surface area is 195 Å². The van der Waals surface area contributed by atoms with E-state index >= 15 is 0 Å². The molecule has 0 bridgehead atoms. The molecule has 0 saturated carbocycles. The summed E-state index contributed by atoms with van der Waals surface area (Å²) in [5.41, 5.74) is 2.81. The molecule has 4 rings (SSSR count). The van der Waals surface area contributed by atoms with Crippen LogP contribution in [0.15, 0.2) is 59.7 Å². The molecule has 32 heavy (non-hydrogen) atoms. The van der Waals surface area contributed by atoms with Gasteiger partial charge >= 0.3 is 0 Å². The van der Waals surface area contributed by atoms with Crippen LogP contribution in [0.2, 0.25) is 5.02 Å². The predicted molar refractivity (Wildman–Crippen MR) is 130 cm³/mol. The van der Waals surface area contributed by atoms with Gasteiger partial charge in [-0.25, -0.2) is 0 Å². The van der Waals surface area contributed by atoms with Gasteiger partial charge in [0.1, 0.15) is 6.17 Å². The fourth-order valence-corrected chi connectivity index (χ4v) is 6.14. The summed E-state index contributed by atoms with van der Waals surface area (Å²) in [5, 5.41) is 10.7. The lowest BCUT2D eigenvalue weighted by molar-refractivity contribution is 0.299. The molecule has 1 saturated heterocycles. The van der Waals surface area contributed by atoms with Crippen LogP contribution in [0.25, 0.3) is 0 Å². The normalized spacial score (nSPS) is 21.1. The van der Waals surface area contributed by atoms with Gasteiger partial charge < -0.3 is 0 Å². The third-order valence-electron chi connectivity index (χ3n) is 6.17. The monoisotopic (exact) mass is 475 g/mol. The van der Waals surface area contributed by atoms with Gasteiger partial charge in [-0.1, -0.05) is 48.4 Å². The van der Waals surface area contributed by atoms with Crippen molar-refractivity contribution in [2.24, 2.45) is 5.10 Å². The minimum atomic E-state index is -3.59. The Balaban J connectivity index is 1.66. The van der Waals surface area contributed by atoms with E-state index in [1.807, 2.05) is 47.5 Å². The Bertz CT molecular complexity index is 1040. The largest absolute Gasteiger partial charge is 0.299 e. The average molecular weight is 476 g/mol. The summed E-state index contributed by atoms with van der Waals surface area (Å²) < 4.78 is 29.6. The van der Waals surface area contributed by atoms with Gasteiger partial charge in [0.25, 0.3) is 10.2 Å². The second-order valence-corrected chi connectivity index (χ2v) is 10.6. The van der Waals surface area contributed by atoms with Crippen molar-refractivity contribution in [2.75, 3.05) is 32.2 Å². The number of benzene rings is 2. The number of nitrogens with one attached hydrogen (secondary N) is 1. The van der Waals surface area contributed by atoms with Crippen LogP contribution in [0.5, 0.6) is 0 Å². The van der Waals surface area contributed by atoms with Gasteiger partial charge in [0.05, 0.1) is 17.4 Å². The van der Waals surface area contributed by atoms with E-state index in [9.17, 15) is 8.42 Å². The standard InChI is InChI=1S/C23H30ClN5O2S/c1-25-23(27(2)32(30,31)28-15-7-4-8-16-28)21-17-22(18-9-5-3-6-10-18)29(26-21)20-13-11-19(24)12-14-20/h3,5-6,9-14,22-23,25H,4,7-8,15-17H2,1-2H3. The fourth-order valence-electron chi connectivity index (χ4n) is 4.43. The summed E-state index contributed by atoms with van der Waals surface area (Å²) in [5.74, 6) is 0. The van der Waals surface area contributed by atoms with Crippen LogP contribution in [0, 0.1) is 0 Å². The van der Waals surface area contributed by atoms with Crippen LogP contribution in [-0.2, 0) is 10.2 Å². The van der Waals surface area contributed by atoms with Gasteiger partial charge in [-0.05, 0) is 49.7 Å². The van der Waals surface area contributed by atoms with E-state index in [2.05, 4.69) is 17.4 Å². The van der Waals surface area contributed by atoms with Crippen molar-refractivity contribution in [1.82, 2.24) is 13.9 Å². The molecule has 2 aromatic carbocycles. The number of piperidine rings is 1. The predicted octanol–water partition coefficient (Wildman–Crippen LogP) is 3.86. The molecule has 2 aromatic rings. The van der Waals surface area contributed by atoms with Crippen molar-refractivity contribution in [3.05, 3.63) is 65.2 Å². The maximum Gasteiger partial charge on any atom is 0.283 e. The lowest BCUT2D eigenvalue weighted by Gasteiger charge is -2.34. The highest BCUT2D eigenvalue weighted by Crippen LogP contribution is 2.36. The molecular formula is C23H30ClN5O2S. The lowest BCUT2D eigenvalue weighted by Crippen LogP contribution is -2.55. The zero-order chi connectivity index (χ0) is 22.7. The molecular weight excluding hydrogens is 446 g/mol. The van der Waals surface area contributed by atoms with E-state index in [0.717, 1.165) is 36.2 Å². The summed E-state index contributed by atoms with van der Waals surface area (Å²) in [6, 6.07) is 17.7. The van der Waals surface area contributed by atoms with E-state index in [0.29, 0.717) is 24.5 Å². The number of hydrogen-bond acceptors (Lipinski definition) is 5. The second kappa shape index (κ2) is 9.89. The minimum absolute atomic E-state index is 0.0330. The zero-order valence-electron chi connectivity index (χ0n) is 18.5. The van der Waals surface area contributed by atoms with Crippen molar-refractivity contribution in [3.8, 4) is 0 Å². The Kier molecular flexibility index (Phi) is 7.17. The van der Waals surface area contributed by atoms with Crippen LogP contribution in [0.3, 0.4) is 0 Å². The molecule has 0 aromatic heterocycles. The molecule has 1 fully saturated rings. The Morgan fingerprint density at radius 2 is 1.72 bits per heavy atom. The maximum atomic E-state index is 13.3. The number of hydrazone groups is 1. The van der Waals surface area contributed by atoms with E-state index in [1.54, 1.807) is 18.4 Å². The first-order valence-corrected chi connectivity index (χ1v) is 12.8. The van der Waals surface area contributed by atoms with Gasteiger partial charge in [0.15, 0.2) is 0 Å². The molecule has 0 spiro atoms. The van der Waals surface area contributed by atoms with Gasteiger partial charge in [-0.3, -0.25) is 10.3 Å². The summed E-state index contributed by atoms with van der Waals surface area (Å²) >= 11 is 6.10. The molecule has 2 aliphatic rings. The smallest absolute Gasteiger partial charge is 0.283 e. The second-order valence-electron chi connectivity index (χ2n) is 8.22. The highest BCUT2D eigenvalue weighted by Gasteiger charge is 2.39. The number of anilines is 1. The van der Waals surface area contributed by atoms with Crippen molar-refractivity contribution >= 4 is 33.2 Å². The number of halogens is 1. The molecule has 1 N–H and O–H groups in total. The molecule has 2 atom stereocenters. The molecule has 0 amide bonds. The Morgan fingerprint density at radius 1 is 1.06 bits per heavy atom. The van der Waals surface area contributed by atoms with Gasteiger partial charge in [-0.2, -0.15) is 22.1 Å². The first kappa shape index (κ1) is 23.2. The van der Waals surface area contributed by atoms with Crippen LogP contribution >= 0.6 is 11.6 Å². The molecule has 2 aliphatic heterocycles. The summed E-state index contributed by atoms with van der Waals surface area (Å²) in [7, 11) is -0.183. The van der Waals surface area contributed by atoms with Gasteiger partial charge in [-0.15, -0.1) is 0 Å². The topological polar surface area (TPSA) is 68.2 Å². The Morgan fingerprint density at radius 3 is 2.34 bits per heavy atom. The maximum absolute atomic E-state index is 13.3. The van der Waals surface area contributed by atoms with E-state index < -0.39 is 16.4 Å². The van der Waals surface area contributed by atoms with Crippen molar-refractivity contribution in [2.45, 2.75) is 37.9 Å². The van der Waals surface area contributed by atoms with Crippen molar-refractivity contribution in [1.29, 1.82) is 0 Å². The highest BCUT2D eigenvalue weighted by atomic mass is 35.5. The van der Waals surface area contributed by atoms with Gasteiger partial charge in [0, 0.05) is 31.6 Å². The van der Waals surface area contributed by atoms with Crippen molar-refractivity contribution in [3.63, 3.8) is 0 Å². The number of rotatable bonds is 7. The number of nitrogens with zero attached hydrogens (tertiary/aromatic N) is 4. The summed E-state index contributed by atoms with van der Waals surface area (Å²) in [6.07, 6.45) is 2.95. The third-order valence-corrected chi connectivity index (χ3v) is 8.38. The summed E-state index contributed by atoms with van der Waals surface area (Å²) in [6.45, 7) is 1.14. The van der Waals surface area contributed by atoms with Crippen LogP contribution in [0.1, 0.15) is 37.3 Å². The van der Waals surface area contributed by atoms with Crippen LogP contribution in [-0.4, -0.2) is 56.1 Å². The highest BCUT2D eigenvalue weighted by molar-refractivity contribution is 7.86. The fraction of sp³-hybridized carbons (Fsp3) is 0.435. The Hall–Kier alpha value is -1.97. The van der Waals surface area contributed by atoms with Crippen LogP contribution in [0.4, 0.5) is 5.69 Å². The lowest BCUT2D eigenvalue weighted by atomic mass is 10.0. The minimum Gasteiger partial charge on any atom is -0.299 e. The van der Waals surface area contributed by atoms with E-state index in [1.165, 1.54) is 4.31 Å². The third kappa shape index (κ3) is 4.70. The first-order chi connectivity index (χ1) is 15.4. The molecule has 0 radical (unpaired) electrons. The molecule has 2 unspecified atom stereocenters. The molecule has 2 heterocycles. The molecule has 7 nitrogen and oxygen atoms in total. The number of hydrogen-bond donors (Lipinski definition) is 1. The van der Waals surface area contributed by atoms with E-state index in [4.69, 9.17) is 16.7 Å². The van der Waals surface area contributed by atoms with Crippen LogP contribution < -0.4 is 10.3 Å². The average Bonchev–Trinajstić information content (AvgIpc) is 3.26. The molecule has 172 valence electrons.